The zero-order valence-electron chi connectivity index (χ0n) is 33.8. The molecule has 1 aromatic carbocycles. The summed E-state index contributed by atoms with van der Waals surface area (Å²) in [6.45, 7) is 19.4. The number of hydrogen-bond donors (Lipinski definition) is 1. The molecule has 4 fully saturated rings. The molecule has 6 nitrogen and oxygen atoms in total. The summed E-state index contributed by atoms with van der Waals surface area (Å²) in [4.78, 5) is 28.8. The zero-order chi connectivity index (χ0) is 40.3. The van der Waals surface area contributed by atoms with Gasteiger partial charge in [0.2, 0.25) is 5.91 Å². The highest BCUT2D eigenvalue weighted by atomic mass is 32.1. The molecule has 2 saturated carbocycles. The van der Waals surface area contributed by atoms with Gasteiger partial charge in [-0.2, -0.15) is 12.6 Å². The van der Waals surface area contributed by atoms with Crippen molar-refractivity contribution in [2.24, 2.45) is 17.3 Å². The van der Waals surface area contributed by atoms with Gasteiger partial charge in [-0.05, 0) is 137 Å². The van der Waals surface area contributed by atoms with E-state index in [-0.39, 0.29) is 30.2 Å². The first-order valence-electron chi connectivity index (χ1n) is 20.3. The van der Waals surface area contributed by atoms with Crippen LogP contribution in [-0.2, 0) is 16.0 Å². The lowest BCUT2D eigenvalue weighted by Gasteiger charge is -2.50. The highest BCUT2D eigenvalue weighted by Crippen LogP contribution is 2.61. The van der Waals surface area contributed by atoms with E-state index < -0.39 is 17.8 Å². The maximum atomic E-state index is 12.9. The molecule has 0 bridgehead atoms. The van der Waals surface area contributed by atoms with E-state index in [9.17, 15) is 22.8 Å². The highest BCUT2D eigenvalue weighted by molar-refractivity contribution is 7.80. The van der Waals surface area contributed by atoms with Crippen LogP contribution in [0.4, 0.5) is 18.0 Å². The number of allylic oxidation sites excluding steroid dienone is 1. The molecule has 0 aromatic heterocycles. The van der Waals surface area contributed by atoms with Crippen molar-refractivity contribution in [2.45, 2.75) is 154 Å². The maximum absolute atomic E-state index is 12.9. The molecule has 2 saturated heterocycles. The van der Waals surface area contributed by atoms with Crippen LogP contribution in [0.1, 0.15) is 136 Å². The van der Waals surface area contributed by atoms with Crippen molar-refractivity contribution >= 4 is 40.3 Å². The lowest BCUT2D eigenvalue weighted by atomic mass is 9.55. The third kappa shape index (κ3) is 12.0. The van der Waals surface area contributed by atoms with Crippen LogP contribution in [0.2, 0.25) is 0 Å². The average Bonchev–Trinajstić information content (AvgIpc) is 3.69. The zero-order valence-corrected chi connectivity index (χ0v) is 34.7. The molecule has 5 atom stereocenters. The topological polar surface area (TPSA) is 59.1 Å². The van der Waals surface area contributed by atoms with Crippen LogP contribution in [0, 0.1) is 17.3 Å². The van der Waals surface area contributed by atoms with Crippen LogP contribution in [0.15, 0.2) is 30.4 Å². The van der Waals surface area contributed by atoms with Crippen LogP contribution < -0.4 is 4.74 Å². The number of thiol groups is 1. The first-order chi connectivity index (χ1) is 25.4. The average molecular weight is 773 g/mol. The molecule has 2 aliphatic heterocycles. The number of hydrogen-bond acceptors (Lipinski definition) is 5. The molecule has 0 spiro atoms. The Labute approximate surface area is 332 Å². The van der Waals surface area contributed by atoms with Gasteiger partial charge in [-0.15, -0.1) is 6.58 Å². The van der Waals surface area contributed by atoms with E-state index in [0.29, 0.717) is 42.7 Å². The van der Waals surface area contributed by atoms with Gasteiger partial charge in [-0.25, -0.2) is 13.6 Å². The van der Waals surface area contributed by atoms with Gasteiger partial charge in [0.15, 0.2) is 0 Å². The fourth-order valence-electron chi connectivity index (χ4n) is 9.12. The van der Waals surface area contributed by atoms with Crippen LogP contribution in [-0.4, -0.2) is 93.0 Å². The Bertz CT molecular complexity index is 1370. The van der Waals surface area contributed by atoms with Crippen molar-refractivity contribution in [2.75, 3.05) is 32.0 Å². The second-order valence-electron chi connectivity index (χ2n) is 16.3. The predicted molar refractivity (Wildman–Crippen MR) is 218 cm³/mol. The second kappa shape index (κ2) is 20.9. The number of aryl methyl sites for hydroxylation is 1. The number of amides is 2. The summed E-state index contributed by atoms with van der Waals surface area (Å²) in [5.74, 6) is -0.328. The molecule has 12 heteroatoms. The van der Waals surface area contributed by atoms with Gasteiger partial charge in [0.25, 0.3) is 5.92 Å². The standard InChI is InChI=1S/C30H42N2O4.C5H7B2F3S.C4H8.C3H8/c1-3-35-27-11-10-26-25-8-6-20-19-22(7-9-23(20)24(25)12-15-30(26,27)2)36-29(34)31-17-13-21(14-18-31)32-16-4-5-28(32)33;6-5(7,10)4(8,9)2-1-3-11;1-4(2)3;1-3-2/h7,9,19,21,24-27H,3-6,8,10-18H2,1-2H3;11H,1-3H2;1H2,2-3H3;3H2,1-2H3. The monoisotopic (exact) mass is 772 g/mol. The van der Waals surface area contributed by atoms with Crippen molar-refractivity contribution in [3.05, 3.63) is 41.5 Å². The third-order valence-electron chi connectivity index (χ3n) is 11.7. The number of likely N-dealkylation sites (tertiary alicyclic amines) is 2. The van der Waals surface area contributed by atoms with E-state index in [4.69, 9.17) is 9.47 Å². The molecule has 300 valence electrons. The van der Waals surface area contributed by atoms with Crippen molar-refractivity contribution in [1.82, 2.24) is 9.80 Å². The molecule has 6 rings (SSSR count). The number of alkyl halides is 3. The molecule has 0 N–H and O–H groups in total. The number of ether oxygens (including phenoxy) is 2. The Morgan fingerprint density at radius 1 is 1.02 bits per heavy atom. The SMILES string of the molecule is C=C(C)C.CCC.CCOC1CCC2C3CCc4cc(OC(=O)N5CCC(N6CCCC6=O)CC5)ccc4C3CCC12C.[B]C([B])(F)C(F)(F)CCCS. The minimum Gasteiger partial charge on any atom is -0.410 e. The summed E-state index contributed by atoms with van der Waals surface area (Å²) in [6.07, 6.45) is 11.5. The predicted octanol–water partition coefficient (Wildman–Crippen LogP) is 9.82. The number of piperidine rings is 1. The molecule has 2 heterocycles. The second-order valence-corrected chi connectivity index (χ2v) is 16.8. The number of halogens is 3. The van der Waals surface area contributed by atoms with Gasteiger partial charge in [-0.1, -0.05) is 38.8 Å². The van der Waals surface area contributed by atoms with Crippen LogP contribution in [0.25, 0.3) is 0 Å². The number of benzene rings is 1. The molecule has 2 amide bonds. The van der Waals surface area contributed by atoms with E-state index >= 15 is 0 Å². The lowest BCUT2D eigenvalue weighted by Crippen LogP contribution is -2.47. The summed E-state index contributed by atoms with van der Waals surface area (Å²) >= 11 is 3.69. The van der Waals surface area contributed by atoms with Crippen molar-refractivity contribution < 1.29 is 32.2 Å². The van der Waals surface area contributed by atoms with Gasteiger partial charge in [0.1, 0.15) is 21.4 Å². The van der Waals surface area contributed by atoms with E-state index in [1.165, 1.54) is 55.2 Å². The van der Waals surface area contributed by atoms with Crippen LogP contribution in [0.3, 0.4) is 0 Å². The van der Waals surface area contributed by atoms with Gasteiger partial charge >= 0.3 is 6.09 Å². The van der Waals surface area contributed by atoms with E-state index in [1.54, 1.807) is 0 Å². The lowest BCUT2D eigenvalue weighted by molar-refractivity contribution is -0.130. The van der Waals surface area contributed by atoms with Crippen molar-refractivity contribution in [3.8, 4) is 5.75 Å². The Morgan fingerprint density at radius 2 is 1.67 bits per heavy atom. The fraction of sp³-hybridized carbons (Fsp3) is 0.762. The number of carbonyl (C=O) groups is 2. The number of nitrogens with zero attached hydrogens (tertiary/aromatic N) is 2. The van der Waals surface area contributed by atoms with Crippen molar-refractivity contribution in [1.29, 1.82) is 0 Å². The normalized spacial score (nSPS) is 26.4. The highest BCUT2D eigenvalue weighted by Gasteiger charge is 2.55. The van der Waals surface area contributed by atoms with E-state index in [2.05, 4.69) is 74.7 Å². The smallest absolute Gasteiger partial charge is 0.410 e. The van der Waals surface area contributed by atoms with Crippen LogP contribution >= 0.6 is 12.6 Å². The van der Waals surface area contributed by atoms with Crippen LogP contribution in [0.5, 0.6) is 5.75 Å². The van der Waals surface area contributed by atoms with Gasteiger partial charge in [0, 0.05) is 45.1 Å². The number of carbonyl (C=O) groups excluding carboxylic acids is 2. The maximum Gasteiger partial charge on any atom is 0.415 e. The van der Waals surface area contributed by atoms with E-state index in [1.807, 2.05) is 29.7 Å². The Morgan fingerprint density at radius 3 is 2.22 bits per heavy atom. The van der Waals surface area contributed by atoms with E-state index in [0.717, 1.165) is 50.7 Å². The third-order valence-corrected chi connectivity index (χ3v) is 12.0. The summed E-state index contributed by atoms with van der Waals surface area (Å²) in [5.41, 5.74) is 0.940. The molecular weight excluding hydrogens is 707 g/mol. The summed E-state index contributed by atoms with van der Waals surface area (Å²) in [5, 5.41) is 0. The molecular formula is C42H65B2F3N2O4S. The first kappa shape index (κ1) is 46.3. The van der Waals surface area contributed by atoms with Gasteiger partial charge in [-0.3, -0.25) is 9.18 Å². The summed E-state index contributed by atoms with van der Waals surface area (Å²) < 4.78 is 49.2. The molecule has 5 unspecified atom stereocenters. The summed E-state index contributed by atoms with van der Waals surface area (Å²) in [7, 11) is 8.78. The molecule has 5 aliphatic rings. The molecule has 54 heavy (non-hydrogen) atoms. The molecule has 3 aliphatic carbocycles. The van der Waals surface area contributed by atoms with Crippen molar-refractivity contribution in [3.63, 3.8) is 0 Å². The quantitative estimate of drug-likeness (QED) is 0.163. The minimum atomic E-state index is -3.67. The largest absolute Gasteiger partial charge is 0.415 e. The van der Waals surface area contributed by atoms with Gasteiger partial charge < -0.3 is 19.3 Å². The molecule has 4 radical (unpaired) electrons. The minimum absolute atomic E-state index is 0.0795. The first-order valence-corrected chi connectivity index (χ1v) is 20.9. The summed E-state index contributed by atoms with van der Waals surface area (Å²) in [6, 6.07) is 6.67. The Kier molecular flexibility index (Phi) is 17.9. The number of fused-ring (bicyclic) bond motifs is 5. The van der Waals surface area contributed by atoms with Gasteiger partial charge in [0.05, 0.1) is 11.6 Å². The molecule has 1 aromatic rings. The fourth-order valence-corrected chi connectivity index (χ4v) is 9.28. The Hall–Kier alpha value is -2.07. The Balaban J connectivity index is 0.000000365. The number of rotatable bonds is 8.